The van der Waals surface area contributed by atoms with Crippen LogP contribution >= 0.6 is 24.0 Å². The van der Waals surface area contributed by atoms with E-state index in [0.717, 1.165) is 31.7 Å². The smallest absolute Gasteiger partial charge is 0.241 e. The number of amides is 1. The summed E-state index contributed by atoms with van der Waals surface area (Å²) in [6.45, 7) is 3.96. The molecule has 130 valence electrons. The van der Waals surface area contributed by atoms with Gasteiger partial charge in [0.2, 0.25) is 5.91 Å². The van der Waals surface area contributed by atoms with Crippen molar-refractivity contribution in [2.75, 3.05) is 33.2 Å². The zero-order valence-corrected chi connectivity index (χ0v) is 15.9. The van der Waals surface area contributed by atoms with Gasteiger partial charge in [-0.2, -0.15) is 0 Å². The molecule has 0 aromatic carbocycles. The number of guanidine groups is 1. The predicted molar refractivity (Wildman–Crippen MR) is 99.0 cm³/mol. The molecular weight excluding hydrogens is 411 g/mol. The van der Waals surface area contributed by atoms with Crippen LogP contribution in [0.1, 0.15) is 30.5 Å². The van der Waals surface area contributed by atoms with Gasteiger partial charge in [0.25, 0.3) is 0 Å². The summed E-state index contributed by atoms with van der Waals surface area (Å²) in [5, 5.41) is 16.0. The normalized spacial score (nSPS) is 16.0. The lowest BCUT2D eigenvalue weighted by Gasteiger charge is -2.18. The topological polar surface area (TPSA) is 90.1 Å². The van der Waals surface area contributed by atoms with Gasteiger partial charge in [-0.3, -0.25) is 9.79 Å². The van der Waals surface area contributed by atoms with Crippen LogP contribution in [-0.2, 0) is 4.79 Å². The Morgan fingerprint density at radius 3 is 2.65 bits per heavy atom. The highest BCUT2D eigenvalue weighted by Gasteiger charge is 2.18. The lowest BCUT2D eigenvalue weighted by Crippen LogP contribution is -2.44. The second kappa shape index (κ2) is 9.76. The van der Waals surface area contributed by atoms with E-state index in [1.54, 1.807) is 19.2 Å². The zero-order valence-electron chi connectivity index (χ0n) is 13.5. The standard InChI is InChI=1S/C15H24N4O3.HI/c1-11-5-6-13(22-11)12(20)9-17-15(16-2)18-10-14(21)19-7-3-4-8-19;/h5-6,12,20H,3-4,7-10H2,1-2H3,(H2,16,17,18);1H. The second-order valence-electron chi connectivity index (χ2n) is 5.36. The molecule has 3 N–H and O–H groups in total. The first-order valence-corrected chi connectivity index (χ1v) is 7.57. The maximum Gasteiger partial charge on any atom is 0.241 e. The molecule has 1 fully saturated rings. The molecule has 7 nitrogen and oxygen atoms in total. The molecule has 1 amide bonds. The number of rotatable bonds is 5. The van der Waals surface area contributed by atoms with Gasteiger partial charge in [0.1, 0.15) is 17.6 Å². The maximum absolute atomic E-state index is 11.9. The number of hydrogen-bond acceptors (Lipinski definition) is 4. The van der Waals surface area contributed by atoms with Crippen LogP contribution < -0.4 is 10.6 Å². The summed E-state index contributed by atoms with van der Waals surface area (Å²) >= 11 is 0. The molecule has 2 rings (SSSR count). The molecule has 1 saturated heterocycles. The largest absolute Gasteiger partial charge is 0.464 e. The van der Waals surface area contributed by atoms with E-state index in [1.807, 2.05) is 11.8 Å². The number of carbonyl (C=O) groups excluding carboxylic acids is 1. The average Bonchev–Trinajstić information content (AvgIpc) is 3.18. The van der Waals surface area contributed by atoms with Gasteiger partial charge >= 0.3 is 0 Å². The molecule has 0 spiro atoms. The number of aliphatic hydroxyl groups excluding tert-OH is 1. The van der Waals surface area contributed by atoms with E-state index in [1.165, 1.54) is 0 Å². The van der Waals surface area contributed by atoms with Gasteiger partial charge in [0, 0.05) is 20.1 Å². The average molecular weight is 436 g/mol. The van der Waals surface area contributed by atoms with Crippen LogP contribution in [0.25, 0.3) is 0 Å². The number of aryl methyl sites for hydroxylation is 1. The van der Waals surface area contributed by atoms with E-state index in [-0.39, 0.29) is 43.0 Å². The van der Waals surface area contributed by atoms with Gasteiger partial charge in [-0.25, -0.2) is 0 Å². The van der Waals surface area contributed by atoms with Crippen LogP contribution in [0.2, 0.25) is 0 Å². The van der Waals surface area contributed by atoms with Crippen LogP contribution in [0.4, 0.5) is 0 Å². The number of nitrogens with one attached hydrogen (secondary N) is 2. The summed E-state index contributed by atoms with van der Waals surface area (Å²) in [5.74, 6) is 1.82. The summed E-state index contributed by atoms with van der Waals surface area (Å²) in [4.78, 5) is 17.8. The van der Waals surface area contributed by atoms with Gasteiger partial charge in [-0.15, -0.1) is 24.0 Å². The molecule has 1 aromatic rings. The summed E-state index contributed by atoms with van der Waals surface area (Å²) < 4.78 is 5.37. The molecule has 0 saturated carbocycles. The molecule has 1 aromatic heterocycles. The maximum atomic E-state index is 11.9. The Labute approximate surface area is 153 Å². The SMILES string of the molecule is CN=C(NCC(=O)N1CCCC1)NCC(O)c1ccc(C)o1.I. The monoisotopic (exact) mass is 436 g/mol. The van der Waals surface area contributed by atoms with Crippen molar-refractivity contribution in [2.24, 2.45) is 4.99 Å². The molecular formula is C15H25IN4O3. The van der Waals surface area contributed by atoms with Crippen molar-refractivity contribution >= 4 is 35.8 Å². The first kappa shape index (κ1) is 19.8. The van der Waals surface area contributed by atoms with Gasteiger partial charge in [0.05, 0.1) is 13.1 Å². The van der Waals surface area contributed by atoms with Crippen molar-refractivity contribution in [1.29, 1.82) is 0 Å². The third-order valence-corrected chi connectivity index (χ3v) is 3.64. The van der Waals surface area contributed by atoms with E-state index < -0.39 is 6.10 Å². The predicted octanol–water partition coefficient (Wildman–Crippen LogP) is 1.03. The highest BCUT2D eigenvalue weighted by molar-refractivity contribution is 14.0. The van der Waals surface area contributed by atoms with Crippen molar-refractivity contribution in [2.45, 2.75) is 25.9 Å². The van der Waals surface area contributed by atoms with Crippen LogP contribution in [-0.4, -0.2) is 55.1 Å². The van der Waals surface area contributed by atoms with Gasteiger partial charge in [-0.05, 0) is 31.9 Å². The van der Waals surface area contributed by atoms with E-state index in [2.05, 4.69) is 15.6 Å². The van der Waals surface area contributed by atoms with E-state index in [4.69, 9.17) is 4.42 Å². The molecule has 23 heavy (non-hydrogen) atoms. The highest BCUT2D eigenvalue weighted by atomic mass is 127. The molecule has 1 aliphatic rings. The minimum absolute atomic E-state index is 0. The lowest BCUT2D eigenvalue weighted by molar-refractivity contribution is -0.128. The lowest BCUT2D eigenvalue weighted by atomic mass is 10.3. The van der Waals surface area contributed by atoms with Gasteiger partial charge < -0.3 is 25.1 Å². The van der Waals surface area contributed by atoms with Gasteiger partial charge in [0.15, 0.2) is 5.96 Å². The number of aliphatic imine (C=N–C) groups is 1. The number of nitrogens with zero attached hydrogens (tertiary/aromatic N) is 2. The quantitative estimate of drug-likeness (QED) is 0.365. The molecule has 1 atom stereocenters. The molecule has 0 radical (unpaired) electrons. The third kappa shape index (κ3) is 6.02. The molecule has 0 bridgehead atoms. The van der Waals surface area contributed by atoms with E-state index >= 15 is 0 Å². The van der Waals surface area contributed by atoms with Crippen molar-refractivity contribution in [1.82, 2.24) is 15.5 Å². The van der Waals surface area contributed by atoms with Crippen molar-refractivity contribution < 1.29 is 14.3 Å². The van der Waals surface area contributed by atoms with Crippen LogP contribution in [0.3, 0.4) is 0 Å². The Morgan fingerprint density at radius 2 is 2.09 bits per heavy atom. The number of furan rings is 1. The van der Waals surface area contributed by atoms with Gasteiger partial charge in [-0.1, -0.05) is 0 Å². The van der Waals surface area contributed by atoms with Crippen molar-refractivity contribution in [3.63, 3.8) is 0 Å². The molecule has 8 heteroatoms. The fourth-order valence-electron chi connectivity index (χ4n) is 2.38. The zero-order chi connectivity index (χ0) is 15.9. The second-order valence-corrected chi connectivity index (χ2v) is 5.36. The Balaban J connectivity index is 0.00000264. The van der Waals surface area contributed by atoms with Crippen molar-refractivity contribution in [3.05, 3.63) is 23.7 Å². The fourth-order valence-corrected chi connectivity index (χ4v) is 2.38. The van der Waals surface area contributed by atoms with Crippen LogP contribution in [0.15, 0.2) is 21.5 Å². The number of halogens is 1. The van der Waals surface area contributed by atoms with Crippen LogP contribution in [0.5, 0.6) is 0 Å². The Kier molecular flexibility index (Phi) is 8.38. The Bertz CT molecular complexity index is 527. The van der Waals surface area contributed by atoms with Crippen molar-refractivity contribution in [3.8, 4) is 0 Å². The number of carbonyl (C=O) groups is 1. The summed E-state index contributed by atoms with van der Waals surface area (Å²) in [6, 6.07) is 3.55. The summed E-state index contributed by atoms with van der Waals surface area (Å²) in [5.41, 5.74) is 0. The molecule has 2 heterocycles. The summed E-state index contributed by atoms with van der Waals surface area (Å²) in [6.07, 6.45) is 1.39. The first-order valence-electron chi connectivity index (χ1n) is 7.57. The minimum atomic E-state index is -0.762. The summed E-state index contributed by atoms with van der Waals surface area (Å²) in [7, 11) is 1.62. The third-order valence-electron chi connectivity index (χ3n) is 3.64. The fraction of sp³-hybridized carbons (Fsp3) is 0.600. The number of aliphatic hydroxyl groups is 1. The Morgan fingerprint density at radius 1 is 1.39 bits per heavy atom. The highest BCUT2D eigenvalue weighted by Crippen LogP contribution is 2.14. The molecule has 1 aliphatic heterocycles. The molecule has 1 unspecified atom stereocenters. The van der Waals surface area contributed by atoms with E-state index in [0.29, 0.717) is 11.7 Å². The molecule has 0 aliphatic carbocycles. The first-order chi connectivity index (χ1) is 10.6. The minimum Gasteiger partial charge on any atom is -0.464 e. The van der Waals surface area contributed by atoms with Crippen LogP contribution in [0, 0.1) is 6.92 Å². The number of likely N-dealkylation sites (tertiary alicyclic amines) is 1. The van der Waals surface area contributed by atoms with E-state index in [9.17, 15) is 9.90 Å². The Hall–Kier alpha value is -1.29. The number of hydrogen-bond donors (Lipinski definition) is 3.